The van der Waals surface area contributed by atoms with Crippen LogP contribution in [0.1, 0.15) is 57.1 Å². The number of sulfonamides is 1. The van der Waals surface area contributed by atoms with Crippen LogP contribution in [0, 0.1) is 19.8 Å². The molecule has 3 rings (SSSR count). The lowest BCUT2D eigenvalue weighted by Gasteiger charge is -2.34. The number of nitrogens with one attached hydrogen (secondary N) is 2. The molecule has 1 fully saturated rings. The van der Waals surface area contributed by atoms with Crippen LogP contribution < -0.4 is 14.9 Å². The molecule has 32 heavy (non-hydrogen) atoms. The molecular weight excluding hydrogens is 422 g/mol. The van der Waals surface area contributed by atoms with Crippen LogP contribution in [0.4, 0.5) is 17.1 Å². The fraction of sp³-hybridized carbons (Fsp3) is 0.480. The molecule has 2 aromatic carbocycles. The lowest BCUT2D eigenvalue weighted by Crippen LogP contribution is -2.33. The standard InChI is InChI=1S/C25H35N3O3S/c1-5-6-7-24(29)26-22-12-13-23(28-16-14-19(3)15-17-28)20(4)25(22)32(30,31)27-21-10-8-18(2)9-11-21/h8-13,19,27H,5-7,14-17H2,1-4H3,(H,26,29). The van der Waals surface area contributed by atoms with Gasteiger partial charge in [-0.25, -0.2) is 8.42 Å². The highest BCUT2D eigenvalue weighted by molar-refractivity contribution is 7.93. The molecule has 0 saturated carbocycles. The van der Waals surface area contributed by atoms with Gasteiger partial charge in [0.05, 0.1) is 5.69 Å². The lowest BCUT2D eigenvalue weighted by atomic mass is 9.98. The monoisotopic (exact) mass is 457 g/mol. The number of carbonyl (C=O) groups excluding carboxylic acids is 1. The summed E-state index contributed by atoms with van der Waals surface area (Å²) < 4.78 is 29.8. The van der Waals surface area contributed by atoms with Crippen LogP contribution >= 0.6 is 0 Å². The molecule has 7 heteroatoms. The average molecular weight is 458 g/mol. The topological polar surface area (TPSA) is 78.5 Å². The zero-order valence-corrected chi connectivity index (χ0v) is 20.4. The van der Waals surface area contributed by atoms with Gasteiger partial charge < -0.3 is 10.2 Å². The molecule has 0 bridgehead atoms. The van der Waals surface area contributed by atoms with Crippen LogP contribution in [0.15, 0.2) is 41.3 Å². The quantitative estimate of drug-likeness (QED) is 0.551. The smallest absolute Gasteiger partial charge is 0.264 e. The van der Waals surface area contributed by atoms with E-state index in [2.05, 4.69) is 21.9 Å². The van der Waals surface area contributed by atoms with Crippen molar-refractivity contribution in [3.05, 3.63) is 47.5 Å². The molecular formula is C25H35N3O3S. The number of amides is 1. The highest BCUT2D eigenvalue weighted by Crippen LogP contribution is 2.35. The van der Waals surface area contributed by atoms with Crippen molar-refractivity contribution in [1.29, 1.82) is 0 Å². The number of aryl methyl sites for hydroxylation is 1. The van der Waals surface area contributed by atoms with Crippen molar-refractivity contribution < 1.29 is 13.2 Å². The van der Waals surface area contributed by atoms with Crippen LogP contribution in [-0.4, -0.2) is 27.4 Å². The third-order valence-electron chi connectivity index (χ3n) is 6.11. The molecule has 1 heterocycles. The summed E-state index contributed by atoms with van der Waals surface area (Å²) in [5.74, 6) is 0.507. The van der Waals surface area contributed by atoms with Crippen molar-refractivity contribution in [1.82, 2.24) is 0 Å². The maximum atomic E-state index is 13.5. The van der Waals surface area contributed by atoms with Gasteiger partial charge in [0.2, 0.25) is 5.91 Å². The van der Waals surface area contributed by atoms with Gasteiger partial charge in [0.1, 0.15) is 4.90 Å². The fourth-order valence-electron chi connectivity index (χ4n) is 4.10. The molecule has 1 saturated heterocycles. The largest absolute Gasteiger partial charge is 0.371 e. The van der Waals surface area contributed by atoms with E-state index in [1.54, 1.807) is 18.2 Å². The highest BCUT2D eigenvalue weighted by atomic mass is 32.2. The molecule has 6 nitrogen and oxygen atoms in total. The Kier molecular flexibility index (Phi) is 7.82. The van der Waals surface area contributed by atoms with E-state index in [4.69, 9.17) is 0 Å². The van der Waals surface area contributed by atoms with Gasteiger partial charge >= 0.3 is 0 Å². The summed E-state index contributed by atoms with van der Waals surface area (Å²) in [5.41, 5.74) is 3.45. The summed E-state index contributed by atoms with van der Waals surface area (Å²) in [6.45, 7) is 9.85. The molecule has 0 unspecified atom stereocenters. The van der Waals surface area contributed by atoms with E-state index in [-0.39, 0.29) is 10.8 Å². The van der Waals surface area contributed by atoms with E-state index in [0.29, 0.717) is 29.3 Å². The van der Waals surface area contributed by atoms with E-state index in [0.717, 1.165) is 50.0 Å². The predicted octanol–water partition coefficient (Wildman–Crippen LogP) is 5.47. The van der Waals surface area contributed by atoms with Crippen LogP contribution in [0.3, 0.4) is 0 Å². The molecule has 1 aliphatic heterocycles. The van der Waals surface area contributed by atoms with Gasteiger partial charge in [-0.3, -0.25) is 9.52 Å². The van der Waals surface area contributed by atoms with Crippen molar-refractivity contribution in [2.75, 3.05) is 28.0 Å². The number of hydrogen-bond acceptors (Lipinski definition) is 4. The number of hydrogen-bond donors (Lipinski definition) is 2. The van der Waals surface area contributed by atoms with E-state index in [1.165, 1.54) is 0 Å². The van der Waals surface area contributed by atoms with E-state index in [1.807, 2.05) is 39.0 Å². The van der Waals surface area contributed by atoms with Gasteiger partial charge in [0.15, 0.2) is 0 Å². The van der Waals surface area contributed by atoms with Crippen molar-refractivity contribution in [2.24, 2.45) is 5.92 Å². The Bertz CT molecular complexity index is 1040. The first-order valence-electron chi connectivity index (χ1n) is 11.5. The Morgan fingerprint density at radius 1 is 1.06 bits per heavy atom. The third kappa shape index (κ3) is 5.82. The number of piperidine rings is 1. The zero-order valence-electron chi connectivity index (χ0n) is 19.6. The van der Waals surface area contributed by atoms with E-state index < -0.39 is 10.0 Å². The van der Waals surface area contributed by atoms with Gasteiger partial charge in [-0.2, -0.15) is 0 Å². The molecule has 0 radical (unpaired) electrons. The lowest BCUT2D eigenvalue weighted by molar-refractivity contribution is -0.116. The predicted molar refractivity (Wildman–Crippen MR) is 132 cm³/mol. The number of nitrogens with zero attached hydrogens (tertiary/aromatic N) is 1. The summed E-state index contributed by atoms with van der Waals surface area (Å²) in [6.07, 6.45) is 4.20. The molecule has 2 aromatic rings. The summed E-state index contributed by atoms with van der Waals surface area (Å²) in [4.78, 5) is 14.8. The summed E-state index contributed by atoms with van der Waals surface area (Å²) in [6, 6.07) is 10.9. The van der Waals surface area contributed by atoms with E-state index >= 15 is 0 Å². The second kappa shape index (κ2) is 10.4. The first kappa shape index (κ1) is 24.1. The van der Waals surface area contributed by atoms with Crippen LogP contribution in [-0.2, 0) is 14.8 Å². The number of anilines is 3. The number of carbonyl (C=O) groups is 1. The van der Waals surface area contributed by atoms with Gasteiger partial charge in [-0.05, 0) is 68.9 Å². The minimum Gasteiger partial charge on any atom is -0.371 e. The normalized spacial score (nSPS) is 14.9. The maximum Gasteiger partial charge on any atom is 0.264 e. The van der Waals surface area contributed by atoms with Gasteiger partial charge in [-0.1, -0.05) is 38.0 Å². The highest BCUT2D eigenvalue weighted by Gasteiger charge is 2.27. The Balaban J connectivity index is 2.00. The minimum absolute atomic E-state index is 0.138. The minimum atomic E-state index is -3.92. The Labute approximate surface area is 192 Å². The second-order valence-corrected chi connectivity index (χ2v) is 10.5. The van der Waals surface area contributed by atoms with Gasteiger partial charge in [0, 0.05) is 30.9 Å². The van der Waals surface area contributed by atoms with Crippen LogP contribution in [0.5, 0.6) is 0 Å². The van der Waals surface area contributed by atoms with Crippen molar-refractivity contribution in [2.45, 2.75) is 64.7 Å². The zero-order chi connectivity index (χ0) is 23.3. The molecule has 1 amide bonds. The number of unbranched alkanes of at least 4 members (excludes halogenated alkanes) is 1. The molecule has 0 spiro atoms. The second-order valence-electron chi connectivity index (χ2n) is 8.88. The Morgan fingerprint density at radius 2 is 1.72 bits per heavy atom. The van der Waals surface area contributed by atoms with Crippen LogP contribution in [0.25, 0.3) is 0 Å². The van der Waals surface area contributed by atoms with E-state index in [9.17, 15) is 13.2 Å². The summed E-state index contributed by atoms with van der Waals surface area (Å²) in [7, 11) is -3.92. The molecule has 1 aliphatic rings. The first-order valence-corrected chi connectivity index (χ1v) is 13.0. The van der Waals surface area contributed by atoms with Crippen molar-refractivity contribution >= 4 is 33.0 Å². The maximum absolute atomic E-state index is 13.5. The first-order chi connectivity index (χ1) is 15.2. The molecule has 0 aromatic heterocycles. The molecule has 0 aliphatic carbocycles. The molecule has 2 N–H and O–H groups in total. The van der Waals surface area contributed by atoms with Crippen LogP contribution in [0.2, 0.25) is 0 Å². The average Bonchev–Trinajstić information content (AvgIpc) is 2.74. The van der Waals surface area contributed by atoms with Crippen molar-refractivity contribution in [3.8, 4) is 0 Å². The van der Waals surface area contributed by atoms with Gasteiger partial charge in [0.25, 0.3) is 10.0 Å². The summed E-state index contributed by atoms with van der Waals surface area (Å²) >= 11 is 0. The van der Waals surface area contributed by atoms with Gasteiger partial charge in [-0.15, -0.1) is 0 Å². The fourth-order valence-corrected chi connectivity index (χ4v) is 5.56. The Morgan fingerprint density at radius 3 is 2.34 bits per heavy atom. The third-order valence-corrected chi connectivity index (χ3v) is 7.67. The van der Waals surface area contributed by atoms with Crippen molar-refractivity contribution in [3.63, 3.8) is 0 Å². The molecule has 174 valence electrons. The molecule has 0 atom stereocenters. The number of rotatable bonds is 8. The Hall–Kier alpha value is -2.54. The number of benzene rings is 2. The SMILES string of the molecule is CCCCC(=O)Nc1ccc(N2CCC(C)CC2)c(C)c1S(=O)(=O)Nc1ccc(C)cc1. The summed E-state index contributed by atoms with van der Waals surface area (Å²) in [5, 5.41) is 2.85.